The van der Waals surface area contributed by atoms with E-state index >= 15 is 0 Å². The van der Waals surface area contributed by atoms with E-state index in [1.165, 1.54) is 4.90 Å². The van der Waals surface area contributed by atoms with Crippen molar-refractivity contribution in [1.29, 1.82) is 0 Å². The maximum absolute atomic E-state index is 12.5. The number of ether oxygens (including phenoxy) is 1. The number of pyridine rings is 1. The Bertz CT molecular complexity index is 600. The van der Waals surface area contributed by atoms with E-state index in [0.29, 0.717) is 16.8 Å². The summed E-state index contributed by atoms with van der Waals surface area (Å²) in [6.45, 7) is 7.36. The Morgan fingerprint density at radius 1 is 1.35 bits per heavy atom. The highest BCUT2D eigenvalue weighted by Gasteiger charge is 2.41. The van der Waals surface area contributed by atoms with Gasteiger partial charge in [-0.2, -0.15) is 0 Å². The minimum Gasteiger partial charge on any atom is -0.444 e. The second-order valence-electron chi connectivity index (χ2n) is 6.66. The standard InChI is InChI=1S/C16H22BrN3O3/c1-10-8-9-11(20(10)15(22)23-16(2,3)4)14(21)19-13-7-5-6-12(17)18-13/h5-7,10-11H,8-9H2,1-4H3,(H,18,19,21)/t10-,11-/m0/s1. The van der Waals surface area contributed by atoms with Crippen molar-refractivity contribution in [3.63, 3.8) is 0 Å². The van der Waals surface area contributed by atoms with Crippen LogP contribution in [0.4, 0.5) is 10.6 Å². The van der Waals surface area contributed by atoms with Gasteiger partial charge in [0, 0.05) is 6.04 Å². The average Bonchev–Trinajstić information content (AvgIpc) is 2.78. The lowest BCUT2D eigenvalue weighted by atomic mass is 10.2. The molecule has 126 valence electrons. The zero-order valence-corrected chi connectivity index (χ0v) is 15.4. The van der Waals surface area contributed by atoms with Gasteiger partial charge in [-0.25, -0.2) is 9.78 Å². The molecule has 0 unspecified atom stereocenters. The van der Waals surface area contributed by atoms with Crippen LogP contribution in [0.3, 0.4) is 0 Å². The SMILES string of the molecule is C[C@H]1CC[C@@H](C(=O)Nc2cccc(Br)n2)N1C(=O)OC(C)(C)C. The molecule has 1 saturated heterocycles. The summed E-state index contributed by atoms with van der Waals surface area (Å²) in [4.78, 5) is 30.6. The molecule has 0 aromatic carbocycles. The molecule has 1 aliphatic rings. The molecule has 2 atom stereocenters. The number of hydrogen-bond donors (Lipinski definition) is 1. The summed E-state index contributed by atoms with van der Waals surface area (Å²) in [5, 5.41) is 2.76. The maximum Gasteiger partial charge on any atom is 0.411 e. The quantitative estimate of drug-likeness (QED) is 0.792. The molecule has 2 heterocycles. The van der Waals surface area contributed by atoms with E-state index < -0.39 is 17.7 Å². The number of amides is 2. The van der Waals surface area contributed by atoms with Crippen LogP contribution in [-0.2, 0) is 9.53 Å². The van der Waals surface area contributed by atoms with Gasteiger partial charge in [-0.15, -0.1) is 0 Å². The van der Waals surface area contributed by atoms with Crippen LogP contribution in [0.1, 0.15) is 40.5 Å². The highest BCUT2D eigenvalue weighted by molar-refractivity contribution is 9.10. The number of anilines is 1. The number of halogens is 1. The zero-order chi connectivity index (χ0) is 17.2. The number of nitrogens with zero attached hydrogens (tertiary/aromatic N) is 2. The van der Waals surface area contributed by atoms with Crippen molar-refractivity contribution < 1.29 is 14.3 Å². The van der Waals surface area contributed by atoms with E-state index in [1.54, 1.807) is 18.2 Å². The van der Waals surface area contributed by atoms with Crippen LogP contribution in [0, 0.1) is 0 Å². The van der Waals surface area contributed by atoms with Gasteiger partial charge in [0.05, 0.1) is 0 Å². The second kappa shape index (κ2) is 6.86. The van der Waals surface area contributed by atoms with Gasteiger partial charge >= 0.3 is 6.09 Å². The first-order chi connectivity index (χ1) is 10.7. The molecule has 23 heavy (non-hydrogen) atoms. The molecule has 2 amide bonds. The van der Waals surface area contributed by atoms with Gasteiger partial charge in [0.1, 0.15) is 22.1 Å². The van der Waals surface area contributed by atoms with Crippen LogP contribution in [0.25, 0.3) is 0 Å². The molecule has 1 aromatic heterocycles. The van der Waals surface area contributed by atoms with Crippen molar-refractivity contribution in [2.24, 2.45) is 0 Å². The molecular weight excluding hydrogens is 362 g/mol. The fourth-order valence-corrected chi connectivity index (χ4v) is 2.89. The molecule has 1 aromatic rings. The van der Waals surface area contributed by atoms with Crippen LogP contribution in [-0.4, -0.2) is 39.6 Å². The minimum atomic E-state index is -0.591. The van der Waals surface area contributed by atoms with Crippen molar-refractivity contribution in [3.8, 4) is 0 Å². The third-order valence-electron chi connectivity index (χ3n) is 3.54. The maximum atomic E-state index is 12.5. The Morgan fingerprint density at radius 3 is 2.65 bits per heavy atom. The van der Waals surface area contributed by atoms with E-state index in [-0.39, 0.29) is 11.9 Å². The van der Waals surface area contributed by atoms with Gasteiger partial charge in [0.15, 0.2) is 0 Å². The molecule has 0 spiro atoms. The van der Waals surface area contributed by atoms with E-state index in [0.717, 1.165) is 6.42 Å². The number of carbonyl (C=O) groups is 2. The highest BCUT2D eigenvalue weighted by atomic mass is 79.9. The van der Waals surface area contributed by atoms with Crippen LogP contribution in [0.15, 0.2) is 22.8 Å². The summed E-state index contributed by atoms with van der Waals surface area (Å²) in [5.41, 5.74) is -0.591. The molecule has 1 aliphatic heterocycles. The Kier molecular flexibility index (Phi) is 5.29. The number of rotatable bonds is 2. The van der Waals surface area contributed by atoms with Crippen LogP contribution in [0.2, 0.25) is 0 Å². The predicted molar refractivity (Wildman–Crippen MR) is 91.1 cm³/mol. The van der Waals surface area contributed by atoms with Gasteiger partial charge in [-0.05, 0) is 68.6 Å². The summed E-state index contributed by atoms with van der Waals surface area (Å²) in [7, 11) is 0. The Hall–Kier alpha value is -1.63. The smallest absolute Gasteiger partial charge is 0.411 e. The van der Waals surface area contributed by atoms with Crippen LogP contribution < -0.4 is 5.32 Å². The normalized spacial score (nSPS) is 21.2. The van der Waals surface area contributed by atoms with Crippen LogP contribution in [0.5, 0.6) is 0 Å². The molecule has 1 fully saturated rings. The Balaban J connectivity index is 2.10. The van der Waals surface area contributed by atoms with Gasteiger partial charge in [-0.3, -0.25) is 9.69 Å². The second-order valence-corrected chi connectivity index (χ2v) is 7.48. The predicted octanol–water partition coefficient (Wildman–Crippen LogP) is 3.57. The lowest BCUT2D eigenvalue weighted by molar-refractivity contribution is -0.120. The monoisotopic (exact) mass is 383 g/mol. The first-order valence-electron chi connectivity index (χ1n) is 7.62. The van der Waals surface area contributed by atoms with E-state index in [4.69, 9.17) is 4.74 Å². The fourth-order valence-electron chi connectivity index (χ4n) is 2.55. The summed E-state index contributed by atoms with van der Waals surface area (Å²) in [6.07, 6.45) is 0.925. The van der Waals surface area contributed by atoms with E-state index in [1.807, 2.05) is 27.7 Å². The lowest BCUT2D eigenvalue weighted by Crippen LogP contribution is -2.48. The third kappa shape index (κ3) is 4.67. The molecule has 7 heteroatoms. The Morgan fingerprint density at radius 2 is 2.04 bits per heavy atom. The highest BCUT2D eigenvalue weighted by Crippen LogP contribution is 2.27. The summed E-state index contributed by atoms with van der Waals surface area (Å²) in [5.74, 6) is 0.207. The summed E-state index contributed by atoms with van der Waals surface area (Å²) in [6, 6.07) is 4.70. The number of likely N-dealkylation sites (tertiary alicyclic amines) is 1. The summed E-state index contributed by atoms with van der Waals surface area (Å²) < 4.78 is 6.06. The molecule has 0 saturated carbocycles. The molecule has 2 rings (SSSR count). The first-order valence-corrected chi connectivity index (χ1v) is 8.41. The van der Waals surface area contributed by atoms with E-state index in [9.17, 15) is 9.59 Å². The number of carbonyl (C=O) groups excluding carboxylic acids is 2. The molecule has 0 radical (unpaired) electrons. The molecule has 6 nitrogen and oxygen atoms in total. The van der Waals surface area contributed by atoms with Crippen molar-refractivity contribution in [1.82, 2.24) is 9.88 Å². The van der Waals surface area contributed by atoms with Crippen molar-refractivity contribution in [2.45, 2.75) is 58.2 Å². The fraction of sp³-hybridized carbons (Fsp3) is 0.562. The molecule has 0 bridgehead atoms. The lowest BCUT2D eigenvalue weighted by Gasteiger charge is -2.30. The molecule has 0 aliphatic carbocycles. The average molecular weight is 384 g/mol. The van der Waals surface area contributed by atoms with Gasteiger partial charge in [0.25, 0.3) is 0 Å². The molecule has 1 N–H and O–H groups in total. The van der Waals surface area contributed by atoms with Crippen molar-refractivity contribution in [2.75, 3.05) is 5.32 Å². The minimum absolute atomic E-state index is 0.0314. The Labute approximate surface area is 144 Å². The summed E-state index contributed by atoms with van der Waals surface area (Å²) >= 11 is 3.27. The number of aromatic nitrogens is 1. The topological polar surface area (TPSA) is 71.5 Å². The van der Waals surface area contributed by atoms with E-state index in [2.05, 4.69) is 26.2 Å². The van der Waals surface area contributed by atoms with Gasteiger partial charge < -0.3 is 10.1 Å². The largest absolute Gasteiger partial charge is 0.444 e. The number of nitrogens with one attached hydrogen (secondary N) is 1. The van der Waals surface area contributed by atoms with Gasteiger partial charge in [-0.1, -0.05) is 6.07 Å². The number of hydrogen-bond acceptors (Lipinski definition) is 4. The van der Waals surface area contributed by atoms with Crippen molar-refractivity contribution >= 4 is 33.7 Å². The van der Waals surface area contributed by atoms with Crippen molar-refractivity contribution in [3.05, 3.63) is 22.8 Å². The molecular formula is C16H22BrN3O3. The van der Waals surface area contributed by atoms with Crippen LogP contribution >= 0.6 is 15.9 Å². The first kappa shape index (κ1) is 17.7. The van der Waals surface area contributed by atoms with Gasteiger partial charge in [0.2, 0.25) is 5.91 Å². The third-order valence-corrected chi connectivity index (χ3v) is 3.98. The zero-order valence-electron chi connectivity index (χ0n) is 13.8.